The Balaban J connectivity index is 1.61. The van der Waals surface area contributed by atoms with Gasteiger partial charge in [-0.3, -0.25) is 19.4 Å². The lowest BCUT2D eigenvalue weighted by Crippen LogP contribution is -2.47. The van der Waals surface area contributed by atoms with Crippen LogP contribution in [-0.2, 0) is 9.53 Å². The van der Waals surface area contributed by atoms with Crippen LogP contribution in [0.15, 0.2) is 36.8 Å². The van der Waals surface area contributed by atoms with E-state index in [4.69, 9.17) is 4.74 Å². The summed E-state index contributed by atoms with van der Waals surface area (Å²) in [7, 11) is 1.48. The summed E-state index contributed by atoms with van der Waals surface area (Å²) < 4.78 is 4.87. The fourth-order valence-electron chi connectivity index (χ4n) is 3.01. The van der Waals surface area contributed by atoms with Crippen molar-refractivity contribution in [2.45, 2.75) is 18.9 Å². The van der Waals surface area contributed by atoms with Gasteiger partial charge in [-0.15, -0.1) is 0 Å². The molecule has 0 spiro atoms. The van der Waals surface area contributed by atoms with Crippen molar-refractivity contribution in [3.8, 4) is 0 Å². The number of hydrogen-bond donors (Lipinski definition) is 2. The summed E-state index contributed by atoms with van der Waals surface area (Å²) in [6, 6.07) is 4.85. The number of rotatable bonds is 6. The predicted octanol–water partition coefficient (Wildman–Crippen LogP) is 0.491. The molecular weight excluding hydrogens is 376 g/mol. The van der Waals surface area contributed by atoms with Crippen LogP contribution in [0.2, 0.25) is 0 Å². The number of nitrogens with zero attached hydrogens (tertiary/aromatic N) is 4. The summed E-state index contributed by atoms with van der Waals surface area (Å²) in [5.41, 5.74) is 0.229. The van der Waals surface area contributed by atoms with Gasteiger partial charge in [0.2, 0.25) is 5.91 Å². The van der Waals surface area contributed by atoms with Gasteiger partial charge < -0.3 is 20.3 Å². The van der Waals surface area contributed by atoms with Crippen molar-refractivity contribution in [1.29, 1.82) is 0 Å². The summed E-state index contributed by atoms with van der Waals surface area (Å²) in [5, 5.41) is 5.48. The normalized spacial score (nSPS) is 14.3. The smallest absolute Gasteiger partial charge is 0.275 e. The molecule has 1 saturated heterocycles. The minimum atomic E-state index is -0.481. The van der Waals surface area contributed by atoms with Crippen LogP contribution in [0.25, 0.3) is 0 Å². The van der Waals surface area contributed by atoms with Crippen LogP contribution < -0.4 is 10.6 Å². The molecule has 10 nitrogen and oxygen atoms in total. The highest BCUT2D eigenvalue weighted by atomic mass is 16.5. The van der Waals surface area contributed by atoms with Gasteiger partial charge in [0.1, 0.15) is 12.3 Å². The Hall–Kier alpha value is -3.40. The van der Waals surface area contributed by atoms with Crippen molar-refractivity contribution < 1.29 is 19.1 Å². The van der Waals surface area contributed by atoms with Crippen molar-refractivity contribution in [3.05, 3.63) is 48.2 Å². The third-order valence-corrected chi connectivity index (χ3v) is 4.49. The molecule has 2 N–H and O–H groups in total. The SMILES string of the molecule is COCC(=O)N1CCC(NC(=O)c2nccnc2NC(=O)c2ccccn2)CC1. The van der Waals surface area contributed by atoms with E-state index in [1.807, 2.05) is 0 Å². The number of ether oxygens (including phenoxy) is 1. The number of pyridine rings is 1. The zero-order chi connectivity index (χ0) is 20.6. The molecule has 0 aliphatic carbocycles. The highest BCUT2D eigenvalue weighted by Gasteiger charge is 2.25. The Morgan fingerprint density at radius 3 is 2.52 bits per heavy atom. The second-order valence-corrected chi connectivity index (χ2v) is 6.48. The maximum absolute atomic E-state index is 12.7. The standard InChI is InChI=1S/C19H22N6O4/c1-29-12-15(26)25-10-5-13(6-11-25)23-19(28)16-17(22-9-8-21-16)24-18(27)14-4-2-3-7-20-14/h2-4,7-9,13H,5-6,10-12H2,1H3,(H,23,28)(H,22,24,27). The molecule has 3 amide bonds. The van der Waals surface area contributed by atoms with E-state index in [1.54, 1.807) is 23.1 Å². The first-order valence-electron chi connectivity index (χ1n) is 9.19. The largest absolute Gasteiger partial charge is 0.375 e. The highest BCUT2D eigenvalue weighted by Crippen LogP contribution is 2.14. The molecule has 10 heteroatoms. The molecule has 1 aliphatic heterocycles. The van der Waals surface area contributed by atoms with Gasteiger partial charge in [-0.1, -0.05) is 6.07 Å². The third kappa shape index (κ3) is 5.32. The summed E-state index contributed by atoms with van der Waals surface area (Å²) in [6.07, 6.45) is 5.53. The molecule has 0 bridgehead atoms. The molecule has 2 aromatic heterocycles. The fourth-order valence-corrected chi connectivity index (χ4v) is 3.01. The maximum atomic E-state index is 12.7. The quantitative estimate of drug-likeness (QED) is 0.725. The van der Waals surface area contributed by atoms with Crippen molar-refractivity contribution in [3.63, 3.8) is 0 Å². The van der Waals surface area contributed by atoms with Crippen LogP contribution in [0.3, 0.4) is 0 Å². The summed E-state index contributed by atoms with van der Waals surface area (Å²) in [4.78, 5) is 50.7. The minimum Gasteiger partial charge on any atom is -0.375 e. The van der Waals surface area contributed by atoms with Crippen LogP contribution in [0.1, 0.15) is 33.8 Å². The second kappa shape index (κ2) is 9.69. The zero-order valence-electron chi connectivity index (χ0n) is 16.0. The van der Waals surface area contributed by atoms with Gasteiger partial charge in [-0.25, -0.2) is 9.97 Å². The number of carbonyl (C=O) groups is 3. The number of piperidine rings is 1. The number of anilines is 1. The van der Waals surface area contributed by atoms with E-state index in [9.17, 15) is 14.4 Å². The topological polar surface area (TPSA) is 126 Å². The van der Waals surface area contributed by atoms with Crippen molar-refractivity contribution in [2.24, 2.45) is 0 Å². The molecule has 1 fully saturated rings. The Labute approximate surface area is 167 Å². The molecule has 3 heterocycles. The summed E-state index contributed by atoms with van der Waals surface area (Å²) in [5.74, 6) is -0.916. The maximum Gasteiger partial charge on any atom is 0.275 e. The molecule has 0 saturated carbocycles. The van der Waals surface area contributed by atoms with Crippen LogP contribution in [0, 0.1) is 0 Å². The molecule has 2 aromatic rings. The van der Waals surface area contributed by atoms with Crippen LogP contribution in [-0.4, -0.2) is 70.4 Å². The first-order valence-corrected chi connectivity index (χ1v) is 9.19. The molecule has 1 aliphatic rings. The van der Waals surface area contributed by atoms with E-state index in [2.05, 4.69) is 25.6 Å². The Morgan fingerprint density at radius 1 is 1.07 bits per heavy atom. The van der Waals surface area contributed by atoms with E-state index in [-0.39, 0.29) is 35.8 Å². The molecule has 0 unspecified atom stereocenters. The van der Waals surface area contributed by atoms with Crippen LogP contribution in [0.5, 0.6) is 0 Å². The Morgan fingerprint density at radius 2 is 1.83 bits per heavy atom. The molecule has 0 radical (unpaired) electrons. The van der Waals surface area contributed by atoms with Gasteiger partial charge in [-0.05, 0) is 25.0 Å². The van der Waals surface area contributed by atoms with E-state index in [1.165, 1.54) is 25.7 Å². The van der Waals surface area contributed by atoms with E-state index < -0.39 is 11.8 Å². The average molecular weight is 398 g/mol. The molecular formula is C19H22N6O4. The summed E-state index contributed by atoms with van der Waals surface area (Å²) in [6.45, 7) is 1.13. The number of nitrogens with one attached hydrogen (secondary N) is 2. The van der Waals surface area contributed by atoms with Gasteiger partial charge >= 0.3 is 0 Å². The lowest BCUT2D eigenvalue weighted by Gasteiger charge is -2.32. The Kier molecular flexibility index (Phi) is 6.80. The third-order valence-electron chi connectivity index (χ3n) is 4.49. The van der Waals surface area contributed by atoms with Gasteiger partial charge in [0.25, 0.3) is 11.8 Å². The molecule has 152 valence electrons. The Bertz CT molecular complexity index is 868. The fraction of sp³-hybridized carbons (Fsp3) is 0.368. The molecule has 3 rings (SSSR count). The first-order chi connectivity index (χ1) is 14.1. The number of amides is 3. The van der Waals surface area contributed by atoms with E-state index in [0.717, 1.165) is 0 Å². The highest BCUT2D eigenvalue weighted by molar-refractivity contribution is 6.06. The monoisotopic (exact) mass is 398 g/mol. The number of carbonyl (C=O) groups excluding carboxylic acids is 3. The predicted molar refractivity (Wildman–Crippen MR) is 103 cm³/mol. The molecule has 0 atom stereocenters. The number of methoxy groups -OCH3 is 1. The van der Waals surface area contributed by atoms with E-state index >= 15 is 0 Å². The second-order valence-electron chi connectivity index (χ2n) is 6.48. The van der Waals surface area contributed by atoms with E-state index in [0.29, 0.717) is 25.9 Å². The van der Waals surface area contributed by atoms with Crippen LogP contribution >= 0.6 is 0 Å². The van der Waals surface area contributed by atoms with Gasteiger partial charge in [0.05, 0.1) is 0 Å². The average Bonchev–Trinajstić information content (AvgIpc) is 2.75. The lowest BCUT2D eigenvalue weighted by atomic mass is 10.0. The van der Waals surface area contributed by atoms with Gasteiger partial charge in [0, 0.05) is 44.8 Å². The zero-order valence-corrected chi connectivity index (χ0v) is 16.0. The number of likely N-dealkylation sites (tertiary alicyclic amines) is 1. The lowest BCUT2D eigenvalue weighted by molar-refractivity contribution is -0.136. The van der Waals surface area contributed by atoms with Gasteiger partial charge in [0.15, 0.2) is 11.5 Å². The van der Waals surface area contributed by atoms with Crippen molar-refractivity contribution >= 4 is 23.5 Å². The first kappa shape index (κ1) is 20.3. The van der Waals surface area contributed by atoms with Gasteiger partial charge in [-0.2, -0.15) is 0 Å². The van der Waals surface area contributed by atoms with Crippen LogP contribution in [0.4, 0.5) is 5.82 Å². The van der Waals surface area contributed by atoms with Crippen molar-refractivity contribution in [2.75, 3.05) is 32.1 Å². The minimum absolute atomic E-state index is 0.0228. The van der Waals surface area contributed by atoms with Crippen molar-refractivity contribution in [1.82, 2.24) is 25.2 Å². The summed E-state index contributed by atoms with van der Waals surface area (Å²) >= 11 is 0. The molecule has 29 heavy (non-hydrogen) atoms. The molecule has 0 aromatic carbocycles. The number of aromatic nitrogens is 3. The number of hydrogen-bond acceptors (Lipinski definition) is 7.